The number of hydrogen-bond acceptors (Lipinski definition) is 2. The Balaban J connectivity index is 2.29. The van der Waals surface area contributed by atoms with Gasteiger partial charge in [-0.3, -0.25) is 0 Å². The summed E-state index contributed by atoms with van der Waals surface area (Å²) in [6, 6.07) is 11.9. The van der Waals surface area contributed by atoms with Crippen LogP contribution in [0.5, 0.6) is 0 Å². The van der Waals surface area contributed by atoms with Crippen LogP contribution in [0.2, 0.25) is 5.02 Å². The zero-order valence-corrected chi connectivity index (χ0v) is 12.3. The summed E-state index contributed by atoms with van der Waals surface area (Å²) in [5.41, 5.74) is 10.8. The summed E-state index contributed by atoms with van der Waals surface area (Å²) in [6.07, 6.45) is 0. The van der Waals surface area contributed by atoms with Crippen molar-refractivity contribution in [2.24, 2.45) is 0 Å². The van der Waals surface area contributed by atoms with Gasteiger partial charge in [0, 0.05) is 22.8 Å². The lowest BCUT2D eigenvalue weighted by molar-refractivity contribution is 0.796. The van der Waals surface area contributed by atoms with Crippen LogP contribution in [-0.2, 0) is 6.54 Å². The van der Waals surface area contributed by atoms with Crippen molar-refractivity contribution in [2.45, 2.75) is 20.4 Å². The maximum Gasteiger partial charge on any atom is 0.141 e. The number of rotatable bonds is 2. The predicted molar refractivity (Wildman–Crippen MR) is 85.0 cm³/mol. The summed E-state index contributed by atoms with van der Waals surface area (Å²) in [4.78, 5) is 4.75. The second-order valence-corrected chi connectivity index (χ2v) is 5.38. The molecule has 0 saturated heterocycles. The minimum atomic E-state index is 0.630. The van der Waals surface area contributed by atoms with E-state index in [1.54, 1.807) is 6.07 Å². The average molecular weight is 286 g/mol. The fraction of sp³-hybridized carbons (Fsp3) is 0.188. The molecule has 102 valence electrons. The molecule has 1 heterocycles. The Kier molecular flexibility index (Phi) is 3.14. The normalized spacial score (nSPS) is 11.2. The summed E-state index contributed by atoms with van der Waals surface area (Å²) in [6.45, 7) is 5.03. The lowest BCUT2D eigenvalue weighted by Crippen LogP contribution is -1.98. The molecule has 3 aromatic rings. The minimum Gasteiger partial charge on any atom is -0.399 e. The number of nitrogen functional groups attached to an aromatic ring is 1. The van der Waals surface area contributed by atoms with Crippen molar-refractivity contribution in [1.29, 1.82) is 0 Å². The molecule has 1 aromatic heterocycles. The van der Waals surface area contributed by atoms with Crippen LogP contribution in [-0.4, -0.2) is 9.55 Å². The largest absolute Gasteiger partial charge is 0.399 e. The van der Waals surface area contributed by atoms with Crippen molar-refractivity contribution in [3.63, 3.8) is 0 Å². The molecular weight excluding hydrogens is 270 g/mol. The first kappa shape index (κ1) is 13.0. The SMILES string of the molecule is CCn1c(-c2cc(N)cc(Cl)c2)nc2cc(C)ccc21. The first-order valence-corrected chi connectivity index (χ1v) is 6.99. The van der Waals surface area contributed by atoms with Gasteiger partial charge >= 0.3 is 0 Å². The van der Waals surface area contributed by atoms with Crippen LogP contribution < -0.4 is 5.73 Å². The molecule has 0 aliphatic heterocycles. The lowest BCUT2D eigenvalue weighted by Gasteiger charge is -2.07. The molecule has 3 nitrogen and oxygen atoms in total. The highest BCUT2D eigenvalue weighted by atomic mass is 35.5. The van der Waals surface area contributed by atoms with Gasteiger partial charge in [-0.1, -0.05) is 17.7 Å². The Morgan fingerprint density at radius 3 is 2.70 bits per heavy atom. The maximum atomic E-state index is 6.10. The summed E-state index contributed by atoms with van der Waals surface area (Å²) in [5, 5.41) is 0.630. The summed E-state index contributed by atoms with van der Waals surface area (Å²) in [7, 11) is 0. The summed E-state index contributed by atoms with van der Waals surface area (Å²) >= 11 is 6.10. The molecule has 2 N–H and O–H groups in total. The van der Waals surface area contributed by atoms with Crippen LogP contribution in [0.15, 0.2) is 36.4 Å². The highest BCUT2D eigenvalue weighted by molar-refractivity contribution is 6.31. The van der Waals surface area contributed by atoms with E-state index in [-0.39, 0.29) is 0 Å². The van der Waals surface area contributed by atoms with Gasteiger partial charge in [0.2, 0.25) is 0 Å². The Hall–Kier alpha value is -2.00. The monoisotopic (exact) mass is 285 g/mol. The zero-order valence-electron chi connectivity index (χ0n) is 11.5. The molecule has 0 aliphatic rings. The molecule has 0 saturated carbocycles. The third-order valence-electron chi connectivity index (χ3n) is 3.40. The number of aromatic nitrogens is 2. The number of imidazole rings is 1. The van der Waals surface area contributed by atoms with Crippen molar-refractivity contribution < 1.29 is 0 Å². The summed E-state index contributed by atoms with van der Waals surface area (Å²) in [5.74, 6) is 0.905. The van der Waals surface area contributed by atoms with Crippen LogP contribution in [0, 0.1) is 6.92 Å². The zero-order chi connectivity index (χ0) is 14.3. The molecule has 0 spiro atoms. The second-order valence-electron chi connectivity index (χ2n) is 4.95. The van der Waals surface area contributed by atoms with Gasteiger partial charge in [0.25, 0.3) is 0 Å². The topological polar surface area (TPSA) is 43.8 Å². The fourth-order valence-corrected chi connectivity index (χ4v) is 2.77. The van der Waals surface area contributed by atoms with Crippen LogP contribution in [0.25, 0.3) is 22.4 Å². The Morgan fingerprint density at radius 2 is 2.00 bits per heavy atom. The molecule has 0 amide bonds. The molecule has 4 heteroatoms. The predicted octanol–water partition coefficient (Wildman–Crippen LogP) is 4.27. The van der Waals surface area contributed by atoms with E-state index in [1.165, 1.54) is 5.56 Å². The Labute approximate surface area is 123 Å². The van der Waals surface area contributed by atoms with E-state index in [0.717, 1.165) is 29.0 Å². The van der Waals surface area contributed by atoms with Crippen LogP contribution in [0.3, 0.4) is 0 Å². The van der Waals surface area contributed by atoms with Crippen molar-refractivity contribution in [2.75, 3.05) is 5.73 Å². The number of hydrogen-bond donors (Lipinski definition) is 1. The number of halogens is 1. The lowest BCUT2D eigenvalue weighted by atomic mass is 10.2. The van der Waals surface area contributed by atoms with E-state index in [4.69, 9.17) is 22.3 Å². The number of benzene rings is 2. The van der Waals surface area contributed by atoms with Gasteiger partial charge in [-0.15, -0.1) is 0 Å². The molecule has 0 atom stereocenters. The van der Waals surface area contributed by atoms with Gasteiger partial charge in [-0.05, 0) is 49.7 Å². The average Bonchev–Trinajstić information content (AvgIpc) is 2.75. The van der Waals surface area contributed by atoms with Gasteiger partial charge < -0.3 is 10.3 Å². The van der Waals surface area contributed by atoms with Gasteiger partial charge in [0.1, 0.15) is 5.82 Å². The van der Waals surface area contributed by atoms with Crippen molar-refractivity contribution >= 4 is 28.3 Å². The summed E-state index contributed by atoms with van der Waals surface area (Å²) < 4.78 is 2.18. The van der Waals surface area contributed by atoms with E-state index in [2.05, 4.69) is 36.6 Å². The van der Waals surface area contributed by atoms with Crippen molar-refractivity contribution in [3.8, 4) is 11.4 Å². The first-order valence-electron chi connectivity index (χ1n) is 6.62. The molecule has 0 unspecified atom stereocenters. The Morgan fingerprint density at radius 1 is 1.20 bits per heavy atom. The number of nitrogens with two attached hydrogens (primary N) is 1. The molecule has 20 heavy (non-hydrogen) atoms. The standard InChI is InChI=1S/C16H16ClN3/c1-3-20-15-5-4-10(2)6-14(15)19-16(20)11-7-12(17)9-13(18)8-11/h4-9H,3,18H2,1-2H3. The molecule has 3 rings (SSSR count). The second kappa shape index (κ2) is 4.84. The fourth-order valence-electron chi connectivity index (χ4n) is 2.52. The molecule has 0 radical (unpaired) electrons. The number of nitrogens with zero attached hydrogens (tertiary/aromatic N) is 2. The minimum absolute atomic E-state index is 0.630. The van der Waals surface area contributed by atoms with E-state index >= 15 is 0 Å². The van der Waals surface area contributed by atoms with E-state index in [1.807, 2.05) is 12.1 Å². The third-order valence-corrected chi connectivity index (χ3v) is 3.62. The van der Waals surface area contributed by atoms with Gasteiger partial charge in [0.15, 0.2) is 0 Å². The molecule has 0 bridgehead atoms. The Bertz CT molecular complexity index is 770. The van der Waals surface area contributed by atoms with Gasteiger partial charge in [-0.25, -0.2) is 4.98 Å². The molecule has 0 fully saturated rings. The number of aryl methyl sites for hydroxylation is 2. The van der Waals surface area contributed by atoms with E-state index in [0.29, 0.717) is 10.7 Å². The van der Waals surface area contributed by atoms with E-state index < -0.39 is 0 Å². The molecule has 2 aromatic carbocycles. The first-order chi connectivity index (χ1) is 9.58. The van der Waals surface area contributed by atoms with Crippen molar-refractivity contribution in [3.05, 3.63) is 47.0 Å². The van der Waals surface area contributed by atoms with Gasteiger partial charge in [0.05, 0.1) is 11.0 Å². The van der Waals surface area contributed by atoms with Crippen molar-refractivity contribution in [1.82, 2.24) is 9.55 Å². The molecule has 0 aliphatic carbocycles. The third kappa shape index (κ3) is 2.14. The van der Waals surface area contributed by atoms with Crippen LogP contribution in [0.4, 0.5) is 5.69 Å². The highest BCUT2D eigenvalue weighted by Gasteiger charge is 2.12. The number of fused-ring (bicyclic) bond motifs is 1. The van der Waals surface area contributed by atoms with Crippen LogP contribution >= 0.6 is 11.6 Å². The van der Waals surface area contributed by atoms with Crippen LogP contribution in [0.1, 0.15) is 12.5 Å². The maximum absolute atomic E-state index is 6.10. The molecular formula is C16H16ClN3. The van der Waals surface area contributed by atoms with Gasteiger partial charge in [-0.2, -0.15) is 0 Å². The van der Waals surface area contributed by atoms with E-state index in [9.17, 15) is 0 Å². The quantitative estimate of drug-likeness (QED) is 0.715. The highest BCUT2D eigenvalue weighted by Crippen LogP contribution is 2.29. The number of anilines is 1. The smallest absolute Gasteiger partial charge is 0.141 e.